The highest BCUT2D eigenvalue weighted by Crippen LogP contribution is 2.13. The van der Waals surface area contributed by atoms with E-state index in [1.807, 2.05) is 11.9 Å². The van der Waals surface area contributed by atoms with Crippen LogP contribution in [0.1, 0.15) is 0 Å². The number of thioether (sulfide) groups is 1. The van der Waals surface area contributed by atoms with Gasteiger partial charge in [0.15, 0.2) is 5.17 Å². The largest absolute Gasteiger partial charge is 0.352 e. The summed E-state index contributed by atoms with van der Waals surface area (Å²) in [6.45, 7) is 1.07. The average Bonchev–Trinajstić information content (AvgIpc) is 2.14. The molecule has 1 fully saturated rings. The molecule has 0 amide bonds. The van der Waals surface area contributed by atoms with Gasteiger partial charge in [-0.25, -0.2) is 0 Å². The van der Waals surface area contributed by atoms with Crippen molar-refractivity contribution in [1.29, 1.82) is 0 Å². The van der Waals surface area contributed by atoms with Gasteiger partial charge in [0, 0.05) is 19.3 Å². The molecule has 3 nitrogen and oxygen atoms in total. The van der Waals surface area contributed by atoms with Crippen molar-refractivity contribution < 1.29 is 0 Å². The summed E-state index contributed by atoms with van der Waals surface area (Å²) in [6, 6.07) is 0. The quantitative estimate of drug-likeness (QED) is 0.368. The molecule has 0 aliphatic carbocycles. The zero-order chi connectivity index (χ0) is 5.98. The summed E-state index contributed by atoms with van der Waals surface area (Å²) in [7, 11) is 1.99. The standard InChI is InChI=1S/C4H9N3S/c1-7-2-3-8-4(7)6-5/h2-3,5H2,1H3/b6-4-. The van der Waals surface area contributed by atoms with Gasteiger partial charge >= 0.3 is 0 Å². The van der Waals surface area contributed by atoms with Crippen LogP contribution in [0.3, 0.4) is 0 Å². The summed E-state index contributed by atoms with van der Waals surface area (Å²) in [6.07, 6.45) is 0. The van der Waals surface area contributed by atoms with Crippen molar-refractivity contribution in [1.82, 2.24) is 4.90 Å². The molecular formula is C4H9N3S. The molecule has 2 N–H and O–H groups in total. The maximum atomic E-state index is 5.05. The van der Waals surface area contributed by atoms with E-state index in [4.69, 9.17) is 5.84 Å². The Morgan fingerprint density at radius 2 is 2.62 bits per heavy atom. The summed E-state index contributed by atoms with van der Waals surface area (Å²) in [5.74, 6) is 6.17. The first-order valence-corrected chi connectivity index (χ1v) is 3.45. The van der Waals surface area contributed by atoms with Crippen molar-refractivity contribution in [3.63, 3.8) is 0 Å². The second-order valence-electron chi connectivity index (χ2n) is 1.68. The van der Waals surface area contributed by atoms with E-state index in [2.05, 4.69) is 5.10 Å². The van der Waals surface area contributed by atoms with Crippen LogP contribution >= 0.6 is 11.8 Å². The van der Waals surface area contributed by atoms with E-state index in [0.717, 1.165) is 17.5 Å². The molecule has 0 atom stereocenters. The molecule has 0 aromatic heterocycles. The van der Waals surface area contributed by atoms with Gasteiger partial charge in [0.25, 0.3) is 0 Å². The van der Waals surface area contributed by atoms with E-state index >= 15 is 0 Å². The molecule has 8 heavy (non-hydrogen) atoms. The van der Waals surface area contributed by atoms with Gasteiger partial charge in [-0.15, -0.1) is 0 Å². The van der Waals surface area contributed by atoms with Crippen molar-refractivity contribution in [2.75, 3.05) is 19.3 Å². The Balaban J connectivity index is 2.55. The van der Waals surface area contributed by atoms with Gasteiger partial charge in [-0.1, -0.05) is 11.8 Å². The molecule has 0 radical (unpaired) electrons. The first-order chi connectivity index (χ1) is 3.84. The monoisotopic (exact) mass is 131 g/mol. The van der Waals surface area contributed by atoms with E-state index in [-0.39, 0.29) is 0 Å². The minimum atomic E-state index is 0.949. The molecular weight excluding hydrogens is 122 g/mol. The minimum Gasteiger partial charge on any atom is -0.352 e. The topological polar surface area (TPSA) is 41.6 Å². The van der Waals surface area contributed by atoms with Crippen molar-refractivity contribution >= 4 is 16.9 Å². The second kappa shape index (κ2) is 2.26. The van der Waals surface area contributed by atoms with E-state index < -0.39 is 0 Å². The Morgan fingerprint density at radius 1 is 1.88 bits per heavy atom. The van der Waals surface area contributed by atoms with E-state index in [9.17, 15) is 0 Å². The second-order valence-corrected chi connectivity index (χ2v) is 2.74. The molecule has 1 aliphatic heterocycles. The Morgan fingerprint density at radius 3 is 2.88 bits per heavy atom. The van der Waals surface area contributed by atoms with Crippen LogP contribution in [0.2, 0.25) is 0 Å². The Kier molecular flexibility index (Phi) is 1.62. The molecule has 46 valence electrons. The summed E-state index contributed by atoms with van der Waals surface area (Å²) >= 11 is 1.70. The molecule has 4 heteroatoms. The molecule has 0 unspecified atom stereocenters. The normalized spacial score (nSPS) is 25.1. The summed E-state index contributed by atoms with van der Waals surface area (Å²) in [4.78, 5) is 2.05. The number of rotatable bonds is 0. The van der Waals surface area contributed by atoms with Gasteiger partial charge in [-0.05, 0) is 0 Å². The molecule has 0 bridgehead atoms. The summed E-state index contributed by atoms with van der Waals surface area (Å²) < 4.78 is 0. The molecule has 1 heterocycles. The Bertz CT molecular complexity index is 112. The predicted molar refractivity (Wildman–Crippen MR) is 36.7 cm³/mol. The first kappa shape index (κ1) is 5.75. The maximum Gasteiger partial charge on any atom is 0.182 e. The lowest BCUT2D eigenvalue weighted by molar-refractivity contribution is 0.561. The molecule has 1 rings (SSSR count). The van der Waals surface area contributed by atoms with Crippen LogP contribution in [0.15, 0.2) is 5.10 Å². The van der Waals surface area contributed by atoms with Gasteiger partial charge < -0.3 is 10.7 Å². The van der Waals surface area contributed by atoms with E-state index in [1.165, 1.54) is 0 Å². The highest BCUT2D eigenvalue weighted by Gasteiger charge is 2.13. The van der Waals surface area contributed by atoms with Crippen LogP contribution in [-0.4, -0.2) is 29.4 Å². The van der Waals surface area contributed by atoms with E-state index in [0.29, 0.717) is 0 Å². The number of hydrazone groups is 1. The SMILES string of the molecule is CN1CCS/C1=N\N. The lowest BCUT2D eigenvalue weighted by atomic mass is 10.7. The maximum absolute atomic E-state index is 5.05. The smallest absolute Gasteiger partial charge is 0.182 e. The van der Waals surface area contributed by atoms with Gasteiger partial charge in [-0.2, -0.15) is 5.10 Å². The first-order valence-electron chi connectivity index (χ1n) is 2.46. The van der Waals surface area contributed by atoms with Gasteiger partial charge in [-0.3, -0.25) is 0 Å². The highest BCUT2D eigenvalue weighted by molar-refractivity contribution is 8.14. The Labute approximate surface area is 52.9 Å². The molecule has 1 saturated heterocycles. The van der Waals surface area contributed by atoms with Crippen LogP contribution in [0.5, 0.6) is 0 Å². The van der Waals surface area contributed by atoms with E-state index in [1.54, 1.807) is 11.8 Å². The number of hydrogen-bond donors (Lipinski definition) is 1. The van der Waals surface area contributed by atoms with Crippen molar-refractivity contribution in [2.24, 2.45) is 10.9 Å². The Hall–Kier alpha value is -0.380. The fourth-order valence-corrected chi connectivity index (χ4v) is 1.55. The number of hydrogen-bond acceptors (Lipinski definition) is 3. The number of amidine groups is 1. The van der Waals surface area contributed by atoms with Gasteiger partial charge in [0.2, 0.25) is 0 Å². The van der Waals surface area contributed by atoms with Crippen LogP contribution in [0.25, 0.3) is 0 Å². The lowest BCUT2D eigenvalue weighted by Gasteiger charge is -2.06. The zero-order valence-corrected chi connectivity index (χ0v) is 5.61. The third-order valence-corrected chi connectivity index (χ3v) is 2.16. The predicted octanol–water partition coefficient (Wildman–Crippen LogP) is -0.105. The van der Waals surface area contributed by atoms with Crippen LogP contribution in [0, 0.1) is 0 Å². The van der Waals surface area contributed by atoms with Gasteiger partial charge in [0.05, 0.1) is 0 Å². The molecule has 0 spiro atoms. The number of nitrogens with zero attached hydrogens (tertiary/aromatic N) is 2. The van der Waals surface area contributed by atoms with Crippen molar-refractivity contribution in [2.45, 2.75) is 0 Å². The minimum absolute atomic E-state index is 0.949. The fourth-order valence-electron chi connectivity index (χ4n) is 0.616. The summed E-state index contributed by atoms with van der Waals surface area (Å²) in [5, 5.41) is 4.52. The molecule has 1 aliphatic rings. The van der Waals surface area contributed by atoms with Crippen LogP contribution in [0.4, 0.5) is 0 Å². The summed E-state index contributed by atoms with van der Waals surface area (Å²) in [5.41, 5.74) is 0. The third kappa shape index (κ3) is 0.888. The molecule has 0 aromatic rings. The van der Waals surface area contributed by atoms with Crippen molar-refractivity contribution in [3.05, 3.63) is 0 Å². The highest BCUT2D eigenvalue weighted by atomic mass is 32.2. The van der Waals surface area contributed by atoms with Gasteiger partial charge in [0.1, 0.15) is 0 Å². The average molecular weight is 131 g/mol. The zero-order valence-electron chi connectivity index (χ0n) is 4.79. The van der Waals surface area contributed by atoms with Crippen LogP contribution < -0.4 is 5.84 Å². The van der Waals surface area contributed by atoms with Crippen LogP contribution in [-0.2, 0) is 0 Å². The third-order valence-electron chi connectivity index (χ3n) is 1.09. The van der Waals surface area contributed by atoms with Crippen molar-refractivity contribution in [3.8, 4) is 0 Å². The number of nitrogens with two attached hydrogens (primary N) is 1. The fraction of sp³-hybridized carbons (Fsp3) is 0.750. The lowest BCUT2D eigenvalue weighted by Crippen LogP contribution is -2.19. The molecule has 0 saturated carbocycles. The molecule has 0 aromatic carbocycles.